The van der Waals surface area contributed by atoms with Gasteiger partial charge < -0.3 is 5.11 Å². The topological polar surface area (TPSA) is 38.1 Å². The molecule has 0 fully saturated rings. The van der Waals surface area contributed by atoms with Gasteiger partial charge in [-0.2, -0.15) is 5.10 Å². The summed E-state index contributed by atoms with van der Waals surface area (Å²) in [4.78, 5) is 0. The quantitative estimate of drug-likeness (QED) is 0.880. The van der Waals surface area contributed by atoms with Crippen LogP contribution in [0.15, 0.2) is 42.6 Å². The van der Waals surface area contributed by atoms with Crippen LogP contribution in [0, 0.1) is 5.92 Å². The van der Waals surface area contributed by atoms with Crippen molar-refractivity contribution < 1.29 is 5.11 Å². The molecule has 90 valence electrons. The molecule has 0 aliphatic rings. The van der Waals surface area contributed by atoms with E-state index in [0.717, 1.165) is 11.4 Å². The third-order valence-electron chi connectivity index (χ3n) is 3.29. The molecule has 1 unspecified atom stereocenters. The van der Waals surface area contributed by atoms with Gasteiger partial charge in [-0.1, -0.05) is 32.0 Å². The van der Waals surface area contributed by atoms with Gasteiger partial charge in [-0.15, -0.1) is 0 Å². The predicted octanol–water partition coefficient (Wildman–Crippen LogP) is 2.74. The van der Waals surface area contributed by atoms with Crippen LogP contribution in [0.1, 0.15) is 26.5 Å². The zero-order chi connectivity index (χ0) is 12.5. The Hall–Kier alpha value is -1.61. The standard InChI is InChI=1S/C14H18N2O/c1-11(2)14(3,17)13-9-10-15-16(13)12-7-5-4-6-8-12/h4-11,17H,1-3H3. The summed E-state index contributed by atoms with van der Waals surface area (Å²) in [5, 5.41) is 14.8. The molecule has 2 aromatic rings. The van der Waals surface area contributed by atoms with Crippen LogP contribution in [-0.4, -0.2) is 14.9 Å². The highest BCUT2D eigenvalue weighted by molar-refractivity contribution is 5.33. The third-order valence-corrected chi connectivity index (χ3v) is 3.29. The highest BCUT2D eigenvalue weighted by Crippen LogP contribution is 2.29. The molecule has 3 heteroatoms. The van der Waals surface area contributed by atoms with Crippen molar-refractivity contribution in [2.24, 2.45) is 5.92 Å². The Morgan fingerprint density at radius 2 is 1.82 bits per heavy atom. The zero-order valence-electron chi connectivity index (χ0n) is 10.5. The monoisotopic (exact) mass is 230 g/mol. The Morgan fingerprint density at radius 3 is 2.41 bits per heavy atom. The van der Waals surface area contributed by atoms with Crippen molar-refractivity contribution >= 4 is 0 Å². The molecule has 1 N–H and O–H groups in total. The highest BCUT2D eigenvalue weighted by atomic mass is 16.3. The van der Waals surface area contributed by atoms with Crippen LogP contribution < -0.4 is 0 Å². The van der Waals surface area contributed by atoms with E-state index in [4.69, 9.17) is 0 Å². The summed E-state index contributed by atoms with van der Waals surface area (Å²) >= 11 is 0. The van der Waals surface area contributed by atoms with Crippen molar-refractivity contribution in [2.75, 3.05) is 0 Å². The van der Waals surface area contributed by atoms with E-state index in [1.807, 2.05) is 57.2 Å². The minimum absolute atomic E-state index is 0.127. The Labute approximate surface area is 102 Å². The molecule has 0 radical (unpaired) electrons. The maximum absolute atomic E-state index is 10.5. The summed E-state index contributed by atoms with van der Waals surface area (Å²) < 4.78 is 1.79. The van der Waals surface area contributed by atoms with Crippen LogP contribution in [0.5, 0.6) is 0 Å². The lowest BCUT2D eigenvalue weighted by molar-refractivity contribution is 0.00265. The van der Waals surface area contributed by atoms with Crippen LogP contribution in [0.3, 0.4) is 0 Å². The van der Waals surface area contributed by atoms with Crippen LogP contribution in [0.25, 0.3) is 5.69 Å². The minimum Gasteiger partial charge on any atom is -0.384 e. The maximum atomic E-state index is 10.5. The summed E-state index contributed by atoms with van der Waals surface area (Å²) in [6, 6.07) is 11.7. The molecule has 0 saturated carbocycles. The van der Waals surface area contributed by atoms with Gasteiger partial charge in [0.15, 0.2) is 0 Å². The summed E-state index contributed by atoms with van der Waals surface area (Å²) in [5.74, 6) is 0.127. The fourth-order valence-corrected chi connectivity index (χ4v) is 1.76. The maximum Gasteiger partial charge on any atom is 0.106 e. The largest absolute Gasteiger partial charge is 0.384 e. The van der Waals surface area contributed by atoms with Gasteiger partial charge in [0.25, 0.3) is 0 Å². The van der Waals surface area contributed by atoms with E-state index in [-0.39, 0.29) is 5.92 Å². The second-order valence-electron chi connectivity index (χ2n) is 4.77. The smallest absolute Gasteiger partial charge is 0.106 e. The predicted molar refractivity (Wildman–Crippen MR) is 68.0 cm³/mol. The molecule has 2 rings (SSSR count). The number of para-hydroxylation sites is 1. The second-order valence-corrected chi connectivity index (χ2v) is 4.77. The SMILES string of the molecule is CC(C)C(C)(O)c1ccnn1-c1ccccc1. The van der Waals surface area contributed by atoms with Crippen LogP contribution in [0.2, 0.25) is 0 Å². The molecule has 17 heavy (non-hydrogen) atoms. The van der Waals surface area contributed by atoms with Gasteiger partial charge >= 0.3 is 0 Å². The summed E-state index contributed by atoms with van der Waals surface area (Å²) in [6.45, 7) is 5.83. The Kier molecular flexibility index (Phi) is 3.03. The molecule has 0 bridgehead atoms. The van der Waals surface area contributed by atoms with E-state index in [9.17, 15) is 5.11 Å². The molecule has 0 amide bonds. The summed E-state index contributed by atoms with van der Waals surface area (Å²) in [7, 11) is 0. The van der Waals surface area contributed by atoms with Crippen molar-refractivity contribution in [3.63, 3.8) is 0 Å². The average Bonchev–Trinajstić information content (AvgIpc) is 2.79. The number of rotatable bonds is 3. The lowest BCUT2D eigenvalue weighted by Crippen LogP contribution is -2.30. The molecule has 1 aromatic carbocycles. The van der Waals surface area contributed by atoms with E-state index >= 15 is 0 Å². The molecular weight excluding hydrogens is 212 g/mol. The second kappa shape index (κ2) is 4.34. The minimum atomic E-state index is -0.883. The van der Waals surface area contributed by atoms with Gasteiger partial charge in [0.2, 0.25) is 0 Å². The van der Waals surface area contributed by atoms with Gasteiger partial charge in [-0.25, -0.2) is 4.68 Å². The lowest BCUT2D eigenvalue weighted by atomic mass is 9.89. The summed E-state index contributed by atoms with van der Waals surface area (Å²) in [6.07, 6.45) is 1.72. The van der Waals surface area contributed by atoms with Gasteiger partial charge in [0.05, 0.1) is 11.4 Å². The van der Waals surface area contributed by atoms with Gasteiger partial charge in [0, 0.05) is 6.20 Å². The van der Waals surface area contributed by atoms with E-state index in [1.54, 1.807) is 10.9 Å². The molecule has 3 nitrogen and oxygen atoms in total. The van der Waals surface area contributed by atoms with Crippen molar-refractivity contribution in [2.45, 2.75) is 26.4 Å². The number of hydrogen-bond donors (Lipinski definition) is 1. The molecular formula is C14H18N2O. The molecule has 0 saturated heterocycles. The van der Waals surface area contributed by atoms with Crippen molar-refractivity contribution in [3.8, 4) is 5.69 Å². The van der Waals surface area contributed by atoms with Crippen molar-refractivity contribution in [1.29, 1.82) is 0 Å². The Morgan fingerprint density at radius 1 is 1.18 bits per heavy atom. The summed E-state index contributed by atoms with van der Waals surface area (Å²) in [5.41, 5.74) is 0.902. The number of aliphatic hydroxyl groups is 1. The van der Waals surface area contributed by atoms with Gasteiger partial charge in [-0.05, 0) is 31.0 Å². The molecule has 1 atom stereocenters. The number of nitrogens with zero attached hydrogens (tertiary/aromatic N) is 2. The van der Waals surface area contributed by atoms with Crippen molar-refractivity contribution in [1.82, 2.24) is 9.78 Å². The molecule has 0 aliphatic heterocycles. The Bertz CT molecular complexity index is 486. The van der Waals surface area contributed by atoms with E-state index in [0.29, 0.717) is 0 Å². The normalized spacial score (nSPS) is 14.9. The first-order chi connectivity index (χ1) is 8.03. The van der Waals surface area contributed by atoms with Crippen LogP contribution in [0.4, 0.5) is 0 Å². The van der Waals surface area contributed by atoms with Crippen LogP contribution in [-0.2, 0) is 5.60 Å². The number of hydrogen-bond acceptors (Lipinski definition) is 2. The highest BCUT2D eigenvalue weighted by Gasteiger charge is 2.31. The first-order valence-electron chi connectivity index (χ1n) is 5.86. The van der Waals surface area contributed by atoms with Gasteiger partial charge in [-0.3, -0.25) is 0 Å². The number of aromatic nitrogens is 2. The fraction of sp³-hybridized carbons (Fsp3) is 0.357. The first-order valence-corrected chi connectivity index (χ1v) is 5.86. The molecule has 1 aromatic heterocycles. The van der Waals surface area contributed by atoms with Crippen LogP contribution >= 0.6 is 0 Å². The zero-order valence-corrected chi connectivity index (χ0v) is 10.5. The van der Waals surface area contributed by atoms with E-state index in [2.05, 4.69) is 5.10 Å². The molecule has 0 aliphatic carbocycles. The third kappa shape index (κ3) is 2.11. The molecule has 0 spiro atoms. The van der Waals surface area contributed by atoms with E-state index < -0.39 is 5.60 Å². The average molecular weight is 230 g/mol. The Balaban J connectivity index is 2.50. The number of benzene rings is 1. The van der Waals surface area contributed by atoms with Gasteiger partial charge in [0.1, 0.15) is 5.60 Å². The fourth-order valence-electron chi connectivity index (χ4n) is 1.76. The molecule has 1 heterocycles. The van der Waals surface area contributed by atoms with Crippen molar-refractivity contribution in [3.05, 3.63) is 48.3 Å². The first kappa shape index (κ1) is 11.9. The van der Waals surface area contributed by atoms with E-state index in [1.165, 1.54) is 0 Å². The lowest BCUT2D eigenvalue weighted by Gasteiger charge is -2.28.